The molecule has 0 aromatic heterocycles. The summed E-state index contributed by atoms with van der Waals surface area (Å²) >= 11 is 3.58. The molecular weight excluding hydrogens is 278 g/mol. The fourth-order valence-corrected chi connectivity index (χ4v) is 3.25. The zero-order chi connectivity index (χ0) is 12.6. The van der Waals surface area contributed by atoms with E-state index in [1.165, 1.54) is 16.9 Å². The topological polar surface area (TPSA) is 32.5 Å². The Hall–Kier alpha value is -0.740. The molecule has 1 aliphatic rings. The molecule has 3 nitrogen and oxygen atoms in total. The molecule has 4 heteroatoms. The molecule has 0 amide bonds. The van der Waals surface area contributed by atoms with Gasteiger partial charge in [-0.15, -0.1) is 0 Å². The third kappa shape index (κ3) is 2.29. The van der Waals surface area contributed by atoms with Crippen LogP contribution >= 0.6 is 15.9 Å². The fraction of sp³-hybridized carbons (Fsp3) is 0.538. The van der Waals surface area contributed by atoms with Crippen molar-refractivity contribution in [2.45, 2.75) is 19.4 Å². The highest BCUT2D eigenvalue weighted by Gasteiger charge is 2.27. The van der Waals surface area contributed by atoms with Gasteiger partial charge in [-0.1, -0.05) is 15.9 Å². The molecule has 1 aromatic rings. The Kier molecular flexibility index (Phi) is 3.64. The first-order chi connectivity index (χ1) is 8.04. The van der Waals surface area contributed by atoms with Crippen molar-refractivity contribution in [3.05, 3.63) is 22.2 Å². The van der Waals surface area contributed by atoms with E-state index in [9.17, 15) is 0 Å². The van der Waals surface area contributed by atoms with E-state index in [-0.39, 0.29) is 0 Å². The molecule has 0 fully saturated rings. The van der Waals surface area contributed by atoms with E-state index < -0.39 is 0 Å². The maximum Gasteiger partial charge on any atom is 0.0632 e. The fourth-order valence-electron chi connectivity index (χ4n) is 2.69. The maximum absolute atomic E-state index is 5.69. The minimum absolute atomic E-state index is 0.506. The first kappa shape index (κ1) is 12.7. The summed E-state index contributed by atoms with van der Waals surface area (Å²) in [5.41, 5.74) is 9.64. The van der Waals surface area contributed by atoms with Gasteiger partial charge in [-0.25, -0.2) is 0 Å². The molecule has 1 aromatic carbocycles. The third-order valence-corrected chi connectivity index (χ3v) is 4.00. The molecule has 2 rings (SSSR count). The summed E-state index contributed by atoms with van der Waals surface area (Å²) in [7, 11) is 4.33. The molecule has 0 bridgehead atoms. The van der Waals surface area contributed by atoms with E-state index in [0.29, 0.717) is 6.04 Å². The number of anilines is 2. The van der Waals surface area contributed by atoms with E-state index in [1.807, 2.05) is 0 Å². The Balaban J connectivity index is 2.45. The molecule has 94 valence electrons. The number of hydrogen-bond acceptors (Lipinski definition) is 3. The van der Waals surface area contributed by atoms with E-state index in [4.69, 9.17) is 5.73 Å². The van der Waals surface area contributed by atoms with E-state index in [0.717, 1.165) is 24.0 Å². The summed E-state index contributed by atoms with van der Waals surface area (Å²) in [5, 5.41) is 0. The normalized spacial score (nSPS) is 19.5. The van der Waals surface area contributed by atoms with E-state index >= 15 is 0 Å². The highest BCUT2D eigenvalue weighted by atomic mass is 79.9. The number of likely N-dealkylation sites (N-methyl/N-ethyl adjacent to an activating group) is 2. The SMILES string of the molecule is Cc1cc(Br)cc2c1N(C)CC(CCN)N2C. The molecule has 17 heavy (non-hydrogen) atoms. The standard InChI is InChI=1S/C13H20BrN3/c1-9-6-10(14)7-12-13(9)16(2)8-11(4-5-15)17(12)3/h6-7,11H,4-5,8,15H2,1-3H3. The largest absolute Gasteiger partial charge is 0.371 e. The lowest BCUT2D eigenvalue weighted by Gasteiger charge is -2.42. The van der Waals surface area contributed by atoms with Gasteiger partial charge in [-0.3, -0.25) is 0 Å². The molecule has 2 N–H and O–H groups in total. The van der Waals surface area contributed by atoms with Crippen molar-refractivity contribution in [2.24, 2.45) is 5.73 Å². The van der Waals surface area contributed by atoms with Gasteiger partial charge >= 0.3 is 0 Å². The maximum atomic E-state index is 5.69. The van der Waals surface area contributed by atoms with Gasteiger partial charge in [0.1, 0.15) is 0 Å². The van der Waals surface area contributed by atoms with Gasteiger partial charge in [0, 0.05) is 31.2 Å². The minimum Gasteiger partial charge on any atom is -0.371 e. The van der Waals surface area contributed by atoms with Gasteiger partial charge in [0.2, 0.25) is 0 Å². The van der Waals surface area contributed by atoms with Crippen molar-refractivity contribution in [1.29, 1.82) is 0 Å². The second-order valence-electron chi connectivity index (χ2n) is 4.81. The van der Waals surface area contributed by atoms with E-state index in [1.54, 1.807) is 0 Å². The van der Waals surface area contributed by atoms with Gasteiger partial charge in [-0.05, 0) is 37.6 Å². The van der Waals surface area contributed by atoms with Gasteiger partial charge < -0.3 is 15.5 Å². The van der Waals surface area contributed by atoms with Crippen LogP contribution in [0.2, 0.25) is 0 Å². The second kappa shape index (κ2) is 4.86. The Morgan fingerprint density at radius 3 is 2.76 bits per heavy atom. The molecule has 0 saturated carbocycles. The molecule has 0 saturated heterocycles. The van der Waals surface area contributed by atoms with Crippen LogP contribution < -0.4 is 15.5 Å². The summed E-state index contributed by atoms with van der Waals surface area (Å²) in [5.74, 6) is 0. The predicted molar refractivity (Wildman–Crippen MR) is 78.0 cm³/mol. The molecule has 0 spiro atoms. The van der Waals surface area contributed by atoms with Gasteiger partial charge in [0.25, 0.3) is 0 Å². The summed E-state index contributed by atoms with van der Waals surface area (Å²) < 4.78 is 1.14. The van der Waals surface area contributed by atoms with Crippen molar-refractivity contribution >= 4 is 27.3 Å². The van der Waals surface area contributed by atoms with Crippen LogP contribution in [0.15, 0.2) is 16.6 Å². The number of benzene rings is 1. The number of rotatable bonds is 2. The smallest absolute Gasteiger partial charge is 0.0632 e. The van der Waals surface area contributed by atoms with E-state index in [2.05, 4.69) is 58.9 Å². The lowest BCUT2D eigenvalue weighted by Crippen LogP contribution is -2.47. The number of aryl methyl sites for hydroxylation is 1. The molecule has 1 aliphatic heterocycles. The van der Waals surface area contributed by atoms with Crippen molar-refractivity contribution in [2.75, 3.05) is 37.0 Å². The summed E-state index contributed by atoms with van der Waals surface area (Å²) in [6, 6.07) is 4.87. The first-order valence-electron chi connectivity index (χ1n) is 5.98. The first-order valence-corrected chi connectivity index (χ1v) is 6.78. The van der Waals surface area contributed by atoms with Crippen molar-refractivity contribution in [1.82, 2.24) is 0 Å². The lowest BCUT2D eigenvalue weighted by atomic mass is 10.0. The Bertz CT molecular complexity index is 419. The number of halogens is 1. The predicted octanol–water partition coefficient (Wildman–Crippen LogP) is 2.36. The van der Waals surface area contributed by atoms with Crippen LogP contribution in [0.1, 0.15) is 12.0 Å². The molecule has 1 heterocycles. The summed E-state index contributed by atoms with van der Waals surface area (Å²) in [6.07, 6.45) is 1.03. The quantitative estimate of drug-likeness (QED) is 0.910. The van der Waals surface area contributed by atoms with Gasteiger partial charge in [-0.2, -0.15) is 0 Å². The van der Waals surface area contributed by atoms with Crippen LogP contribution in [-0.4, -0.2) is 33.2 Å². The molecule has 0 radical (unpaired) electrons. The van der Waals surface area contributed by atoms with Crippen molar-refractivity contribution < 1.29 is 0 Å². The monoisotopic (exact) mass is 297 g/mol. The highest BCUT2D eigenvalue weighted by Crippen LogP contribution is 2.39. The van der Waals surface area contributed by atoms with Crippen LogP contribution in [0.4, 0.5) is 11.4 Å². The summed E-state index contributed by atoms with van der Waals surface area (Å²) in [4.78, 5) is 4.71. The van der Waals surface area contributed by atoms with Crippen LogP contribution in [0.3, 0.4) is 0 Å². The Morgan fingerprint density at radius 1 is 1.41 bits per heavy atom. The molecular formula is C13H20BrN3. The lowest BCUT2D eigenvalue weighted by molar-refractivity contribution is 0.566. The Labute approximate surface area is 112 Å². The average molecular weight is 298 g/mol. The van der Waals surface area contributed by atoms with Crippen molar-refractivity contribution in [3.8, 4) is 0 Å². The number of nitrogens with zero attached hydrogens (tertiary/aromatic N) is 2. The molecule has 0 aliphatic carbocycles. The third-order valence-electron chi connectivity index (χ3n) is 3.54. The van der Waals surface area contributed by atoms with Crippen LogP contribution in [-0.2, 0) is 0 Å². The van der Waals surface area contributed by atoms with Crippen LogP contribution in [0, 0.1) is 6.92 Å². The zero-order valence-corrected chi connectivity index (χ0v) is 12.3. The average Bonchev–Trinajstić information content (AvgIpc) is 2.24. The highest BCUT2D eigenvalue weighted by molar-refractivity contribution is 9.10. The Morgan fingerprint density at radius 2 is 2.12 bits per heavy atom. The second-order valence-corrected chi connectivity index (χ2v) is 5.73. The van der Waals surface area contributed by atoms with Crippen molar-refractivity contribution in [3.63, 3.8) is 0 Å². The van der Waals surface area contributed by atoms with Gasteiger partial charge in [0.15, 0.2) is 0 Å². The minimum atomic E-state index is 0.506. The number of nitrogens with two attached hydrogens (primary N) is 1. The summed E-state index contributed by atoms with van der Waals surface area (Å²) in [6.45, 7) is 3.95. The number of hydrogen-bond donors (Lipinski definition) is 1. The van der Waals surface area contributed by atoms with Crippen LogP contribution in [0.5, 0.6) is 0 Å². The number of fused-ring (bicyclic) bond motifs is 1. The van der Waals surface area contributed by atoms with Gasteiger partial charge in [0.05, 0.1) is 11.4 Å². The molecule has 1 unspecified atom stereocenters. The van der Waals surface area contributed by atoms with Crippen LogP contribution in [0.25, 0.3) is 0 Å². The molecule has 1 atom stereocenters. The zero-order valence-electron chi connectivity index (χ0n) is 10.7.